The number of ether oxygens (including phenoxy) is 2. The SMILES string of the molecule is CCNC(=NCCOCCS(C)(=O)=O)NC1C2CCOC2C1(C)C. The molecule has 1 aliphatic carbocycles. The van der Waals surface area contributed by atoms with Crippen LogP contribution in [0.25, 0.3) is 0 Å². The largest absolute Gasteiger partial charge is 0.378 e. The minimum absolute atomic E-state index is 0.0500. The van der Waals surface area contributed by atoms with Crippen molar-refractivity contribution in [1.29, 1.82) is 0 Å². The van der Waals surface area contributed by atoms with Crippen molar-refractivity contribution < 1.29 is 17.9 Å². The second kappa shape index (κ2) is 8.01. The molecule has 0 spiro atoms. The van der Waals surface area contributed by atoms with Crippen LogP contribution in [0.4, 0.5) is 0 Å². The van der Waals surface area contributed by atoms with Crippen molar-refractivity contribution in [2.75, 3.05) is 44.9 Å². The maximum absolute atomic E-state index is 11.0. The van der Waals surface area contributed by atoms with E-state index in [2.05, 4.69) is 29.5 Å². The standard InChI is InChI=1S/C16H31N3O4S/c1-5-17-15(18-7-9-22-10-11-24(4,20)21)19-13-12-6-8-23-14(12)16(13,2)3/h12-14H,5-11H2,1-4H3,(H2,17,18,19). The number of fused-ring (bicyclic) bond motifs is 1. The van der Waals surface area contributed by atoms with Crippen molar-refractivity contribution in [3.8, 4) is 0 Å². The van der Waals surface area contributed by atoms with E-state index < -0.39 is 9.84 Å². The van der Waals surface area contributed by atoms with E-state index in [-0.39, 0.29) is 17.8 Å². The zero-order valence-electron chi connectivity index (χ0n) is 15.2. The average molecular weight is 362 g/mol. The molecule has 8 heteroatoms. The third-order valence-electron chi connectivity index (χ3n) is 4.84. The number of rotatable bonds is 8. The molecule has 0 bridgehead atoms. The maximum Gasteiger partial charge on any atom is 0.191 e. The Morgan fingerprint density at radius 2 is 2.12 bits per heavy atom. The summed E-state index contributed by atoms with van der Waals surface area (Å²) in [4.78, 5) is 4.53. The summed E-state index contributed by atoms with van der Waals surface area (Å²) in [6.07, 6.45) is 2.65. The van der Waals surface area contributed by atoms with Crippen LogP contribution >= 0.6 is 0 Å². The van der Waals surface area contributed by atoms with Crippen molar-refractivity contribution in [2.45, 2.75) is 39.3 Å². The molecule has 3 atom stereocenters. The van der Waals surface area contributed by atoms with Gasteiger partial charge < -0.3 is 20.1 Å². The molecule has 0 aromatic carbocycles. The Labute approximate surface area is 145 Å². The van der Waals surface area contributed by atoms with E-state index in [0.29, 0.717) is 31.2 Å². The topological polar surface area (TPSA) is 89.0 Å². The molecule has 24 heavy (non-hydrogen) atoms. The molecule has 1 aliphatic heterocycles. The number of nitrogens with zero attached hydrogens (tertiary/aromatic N) is 1. The lowest BCUT2D eigenvalue weighted by atomic mass is 9.57. The van der Waals surface area contributed by atoms with Crippen molar-refractivity contribution in [3.05, 3.63) is 0 Å². The minimum atomic E-state index is -2.97. The molecule has 0 aromatic heterocycles. The Morgan fingerprint density at radius 3 is 2.79 bits per heavy atom. The number of nitrogens with one attached hydrogen (secondary N) is 2. The van der Waals surface area contributed by atoms with Crippen LogP contribution in [0.15, 0.2) is 4.99 Å². The molecule has 2 N–H and O–H groups in total. The average Bonchev–Trinajstić information content (AvgIpc) is 2.93. The van der Waals surface area contributed by atoms with Gasteiger partial charge in [-0.15, -0.1) is 0 Å². The molecule has 1 saturated heterocycles. The summed E-state index contributed by atoms with van der Waals surface area (Å²) >= 11 is 0. The minimum Gasteiger partial charge on any atom is -0.378 e. The molecule has 0 amide bonds. The fraction of sp³-hybridized carbons (Fsp3) is 0.938. The summed E-state index contributed by atoms with van der Waals surface area (Å²) in [6, 6.07) is 0.356. The molecule has 1 heterocycles. The van der Waals surface area contributed by atoms with Gasteiger partial charge in [0.2, 0.25) is 0 Å². The number of hydrogen-bond donors (Lipinski definition) is 2. The van der Waals surface area contributed by atoms with Gasteiger partial charge >= 0.3 is 0 Å². The molecule has 140 valence electrons. The van der Waals surface area contributed by atoms with Gasteiger partial charge in [-0.25, -0.2) is 8.42 Å². The van der Waals surface area contributed by atoms with Crippen molar-refractivity contribution >= 4 is 15.8 Å². The molecule has 0 radical (unpaired) electrons. The normalized spacial score (nSPS) is 29.0. The van der Waals surface area contributed by atoms with Gasteiger partial charge in [0.15, 0.2) is 5.96 Å². The summed E-state index contributed by atoms with van der Waals surface area (Å²) in [7, 11) is -2.97. The van der Waals surface area contributed by atoms with Crippen LogP contribution in [0.1, 0.15) is 27.2 Å². The summed E-state index contributed by atoms with van der Waals surface area (Å²) in [5, 5.41) is 6.80. The first-order valence-corrected chi connectivity index (χ1v) is 10.7. The van der Waals surface area contributed by atoms with Gasteiger partial charge in [0.1, 0.15) is 9.84 Å². The number of hydrogen-bond acceptors (Lipinski definition) is 5. The summed E-state index contributed by atoms with van der Waals surface area (Å²) < 4.78 is 33.2. The van der Waals surface area contributed by atoms with Gasteiger partial charge in [0.05, 0.1) is 31.6 Å². The molecule has 2 fully saturated rings. The van der Waals surface area contributed by atoms with E-state index in [1.54, 1.807) is 0 Å². The quantitative estimate of drug-likeness (QED) is 0.370. The van der Waals surface area contributed by atoms with Gasteiger partial charge in [0.25, 0.3) is 0 Å². The monoisotopic (exact) mass is 361 g/mol. The number of guanidine groups is 1. The van der Waals surface area contributed by atoms with Crippen LogP contribution in [0, 0.1) is 11.3 Å². The van der Waals surface area contributed by atoms with Gasteiger partial charge in [-0.1, -0.05) is 13.8 Å². The second-order valence-corrected chi connectivity index (χ2v) is 9.45. The van der Waals surface area contributed by atoms with E-state index in [1.165, 1.54) is 6.26 Å². The highest BCUT2D eigenvalue weighted by Gasteiger charge is 2.59. The highest BCUT2D eigenvalue weighted by atomic mass is 32.2. The van der Waals surface area contributed by atoms with Crippen molar-refractivity contribution in [2.24, 2.45) is 16.3 Å². The van der Waals surface area contributed by atoms with Crippen LogP contribution < -0.4 is 10.6 Å². The van der Waals surface area contributed by atoms with Gasteiger partial charge in [0, 0.05) is 36.8 Å². The molecule has 2 aliphatic rings. The van der Waals surface area contributed by atoms with Gasteiger partial charge in [-0.05, 0) is 13.3 Å². The van der Waals surface area contributed by atoms with E-state index in [1.807, 2.05) is 6.92 Å². The number of aliphatic imine (C=N–C) groups is 1. The third kappa shape index (κ3) is 4.83. The molecule has 1 saturated carbocycles. The summed E-state index contributed by atoms with van der Waals surface area (Å²) in [5.41, 5.74) is 0.101. The fourth-order valence-corrected chi connectivity index (χ4v) is 4.04. The molecule has 3 unspecified atom stereocenters. The lowest BCUT2D eigenvalue weighted by molar-refractivity contribution is -0.106. The predicted octanol–water partition coefficient (Wildman–Crippen LogP) is 0.416. The molecule has 0 aromatic rings. The Bertz CT molecular complexity index is 548. The Morgan fingerprint density at radius 1 is 1.38 bits per heavy atom. The van der Waals surface area contributed by atoms with Gasteiger partial charge in [-0.2, -0.15) is 0 Å². The zero-order chi connectivity index (χ0) is 17.8. The van der Waals surface area contributed by atoms with Crippen molar-refractivity contribution in [3.63, 3.8) is 0 Å². The van der Waals surface area contributed by atoms with Crippen LogP contribution in [0.5, 0.6) is 0 Å². The molecular weight excluding hydrogens is 330 g/mol. The van der Waals surface area contributed by atoms with Crippen LogP contribution in [0.3, 0.4) is 0 Å². The first-order chi connectivity index (χ1) is 11.3. The maximum atomic E-state index is 11.0. The third-order valence-corrected chi connectivity index (χ3v) is 5.75. The van der Waals surface area contributed by atoms with Crippen LogP contribution in [0.2, 0.25) is 0 Å². The smallest absolute Gasteiger partial charge is 0.191 e. The Hall–Kier alpha value is -0.860. The highest BCUT2D eigenvalue weighted by Crippen LogP contribution is 2.52. The Balaban J connectivity index is 1.79. The fourth-order valence-electron chi connectivity index (χ4n) is 3.62. The lowest BCUT2D eigenvalue weighted by Gasteiger charge is -2.54. The molecule has 7 nitrogen and oxygen atoms in total. The zero-order valence-corrected chi connectivity index (χ0v) is 16.0. The highest BCUT2D eigenvalue weighted by molar-refractivity contribution is 7.90. The second-order valence-electron chi connectivity index (χ2n) is 7.19. The van der Waals surface area contributed by atoms with Crippen LogP contribution in [-0.2, 0) is 19.3 Å². The lowest BCUT2D eigenvalue weighted by Crippen LogP contribution is -2.68. The number of sulfone groups is 1. The van der Waals surface area contributed by atoms with E-state index in [4.69, 9.17) is 9.47 Å². The molecule has 2 rings (SSSR count). The van der Waals surface area contributed by atoms with Gasteiger partial charge in [-0.3, -0.25) is 4.99 Å². The van der Waals surface area contributed by atoms with E-state index in [9.17, 15) is 8.42 Å². The Kier molecular flexibility index (Phi) is 6.50. The summed E-state index contributed by atoms with van der Waals surface area (Å²) in [6.45, 7) is 9.26. The first-order valence-electron chi connectivity index (χ1n) is 8.67. The predicted molar refractivity (Wildman–Crippen MR) is 95.1 cm³/mol. The first kappa shape index (κ1) is 19.5. The van der Waals surface area contributed by atoms with Crippen molar-refractivity contribution in [1.82, 2.24) is 10.6 Å². The van der Waals surface area contributed by atoms with E-state index >= 15 is 0 Å². The summed E-state index contributed by atoms with van der Waals surface area (Å²) in [5.74, 6) is 1.39. The van der Waals surface area contributed by atoms with Crippen LogP contribution in [-0.4, -0.2) is 71.4 Å². The van der Waals surface area contributed by atoms with E-state index in [0.717, 1.165) is 25.5 Å². The molecular formula is C16H31N3O4S.